The minimum atomic E-state index is 0.0132. The molecule has 0 aliphatic carbocycles. The molecule has 1 aliphatic heterocycles. The Balaban J connectivity index is 1.62. The zero-order valence-corrected chi connectivity index (χ0v) is 14.4. The first-order valence-electron chi connectivity index (χ1n) is 7.94. The minimum absolute atomic E-state index is 0.0132. The van der Waals surface area contributed by atoms with Crippen LogP contribution in [-0.2, 0) is 0 Å². The maximum atomic E-state index is 12.6. The van der Waals surface area contributed by atoms with Crippen LogP contribution in [0.3, 0.4) is 0 Å². The second-order valence-corrected chi connectivity index (χ2v) is 7.03. The Morgan fingerprint density at radius 2 is 2.35 bits per heavy atom. The number of carbonyl (C=O) groups is 1. The van der Waals surface area contributed by atoms with E-state index < -0.39 is 0 Å². The third-order valence-corrected chi connectivity index (χ3v) is 5.30. The number of amides is 2. The van der Waals surface area contributed by atoms with Gasteiger partial charge in [0.25, 0.3) is 0 Å². The van der Waals surface area contributed by atoms with Crippen molar-refractivity contribution in [2.24, 2.45) is 0 Å². The van der Waals surface area contributed by atoms with Gasteiger partial charge in [-0.25, -0.2) is 4.79 Å². The van der Waals surface area contributed by atoms with Gasteiger partial charge in [-0.15, -0.1) is 11.3 Å². The second kappa shape index (κ2) is 7.19. The molecule has 1 N–H and O–H groups in total. The van der Waals surface area contributed by atoms with Crippen LogP contribution < -0.4 is 5.32 Å². The van der Waals surface area contributed by atoms with Gasteiger partial charge in [-0.3, -0.25) is 4.90 Å². The fraction of sp³-hybridized carbons (Fsp3) is 0.471. The van der Waals surface area contributed by atoms with E-state index >= 15 is 0 Å². The lowest BCUT2D eigenvalue weighted by Gasteiger charge is -2.27. The molecule has 1 fully saturated rings. The molecule has 0 spiro atoms. The molecule has 2 aromatic rings. The van der Waals surface area contributed by atoms with Crippen LogP contribution >= 0.6 is 11.3 Å². The number of urea groups is 1. The molecule has 0 aromatic carbocycles. The van der Waals surface area contributed by atoms with Crippen LogP contribution in [0.4, 0.5) is 4.79 Å². The topological polar surface area (TPSA) is 48.7 Å². The van der Waals surface area contributed by atoms with Crippen molar-refractivity contribution in [1.82, 2.24) is 15.1 Å². The van der Waals surface area contributed by atoms with Gasteiger partial charge in [0.05, 0.1) is 18.3 Å². The summed E-state index contributed by atoms with van der Waals surface area (Å²) in [4.78, 5) is 17.9. The molecule has 3 rings (SSSR count). The smallest absolute Gasteiger partial charge is 0.318 e. The average Bonchev–Trinajstić information content (AvgIpc) is 3.27. The van der Waals surface area contributed by atoms with Crippen LogP contribution in [0.5, 0.6) is 0 Å². The standard InChI is InChI=1S/C17H23N3O2S/c1-19(2)14(15-7-4-10-22-15)12-18-17(21)20-9-3-6-13(20)16-8-5-11-23-16/h4-5,7-8,10-11,13-14H,3,6,9,12H2,1-2H3,(H,18,21)/t13-,14-/m0/s1. The number of thiophene rings is 1. The monoisotopic (exact) mass is 333 g/mol. The summed E-state index contributed by atoms with van der Waals surface area (Å²) in [6.45, 7) is 1.36. The SMILES string of the molecule is CN(C)[C@@H](CNC(=O)N1CCC[C@H]1c1cccs1)c1ccco1. The van der Waals surface area contributed by atoms with E-state index in [1.54, 1.807) is 17.6 Å². The summed E-state index contributed by atoms with van der Waals surface area (Å²) >= 11 is 1.72. The molecule has 3 heterocycles. The van der Waals surface area contributed by atoms with E-state index in [-0.39, 0.29) is 18.1 Å². The van der Waals surface area contributed by atoms with Crippen molar-refractivity contribution in [3.63, 3.8) is 0 Å². The van der Waals surface area contributed by atoms with Gasteiger partial charge in [-0.05, 0) is 50.5 Å². The van der Waals surface area contributed by atoms with E-state index in [4.69, 9.17) is 4.42 Å². The van der Waals surface area contributed by atoms with Gasteiger partial charge >= 0.3 is 6.03 Å². The second-order valence-electron chi connectivity index (χ2n) is 6.05. The van der Waals surface area contributed by atoms with E-state index in [0.717, 1.165) is 25.1 Å². The summed E-state index contributed by atoms with van der Waals surface area (Å²) in [6.07, 6.45) is 3.77. The predicted molar refractivity (Wildman–Crippen MR) is 91.5 cm³/mol. The number of likely N-dealkylation sites (tertiary alicyclic amines) is 1. The Morgan fingerprint density at radius 3 is 3.00 bits per heavy atom. The molecule has 0 bridgehead atoms. The summed E-state index contributed by atoms with van der Waals surface area (Å²) < 4.78 is 5.49. The van der Waals surface area contributed by atoms with Crippen LogP contribution in [0.1, 0.15) is 35.6 Å². The molecule has 2 amide bonds. The lowest BCUT2D eigenvalue weighted by molar-refractivity contribution is 0.185. The number of hydrogen-bond acceptors (Lipinski definition) is 4. The lowest BCUT2D eigenvalue weighted by atomic mass is 10.2. The van der Waals surface area contributed by atoms with Crippen molar-refractivity contribution in [3.05, 3.63) is 46.5 Å². The van der Waals surface area contributed by atoms with Crippen LogP contribution in [0.25, 0.3) is 0 Å². The zero-order chi connectivity index (χ0) is 16.2. The minimum Gasteiger partial charge on any atom is -0.468 e. The Bertz CT molecular complexity index is 610. The number of nitrogens with one attached hydrogen (secondary N) is 1. The molecule has 1 aliphatic rings. The average molecular weight is 333 g/mol. The molecule has 5 nitrogen and oxygen atoms in total. The fourth-order valence-corrected chi connectivity index (χ4v) is 3.96. The molecule has 2 atom stereocenters. The Hall–Kier alpha value is -1.79. The fourth-order valence-electron chi connectivity index (χ4n) is 3.09. The maximum Gasteiger partial charge on any atom is 0.318 e. The van der Waals surface area contributed by atoms with E-state index in [9.17, 15) is 4.79 Å². The first-order valence-corrected chi connectivity index (χ1v) is 8.82. The van der Waals surface area contributed by atoms with Crippen molar-refractivity contribution in [1.29, 1.82) is 0 Å². The highest BCUT2D eigenvalue weighted by molar-refractivity contribution is 7.10. The largest absolute Gasteiger partial charge is 0.468 e. The quantitative estimate of drug-likeness (QED) is 0.911. The summed E-state index contributed by atoms with van der Waals surface area (Å²) in [7, 11) is 3.98. The van der Waals surface area contributed by atoms with Crippen molar-refractivity contribution in [2.75, 3.05) is 27.2 Å². The van der Waals surface area contributed by atoms with E-state index in [0.29, 0.717) is 6.54 Å². The van der Waals surface area contributed by atoms with Crippen molar-refractivity contribution in [2.45, 2.75) is 24.9 Å². The first-order chi connectivity index (χ1) is 11.2. The van der Waals surface area contributed by atoms with Crippen LogP contribution in [0, 0.1) is 0 Å². The zero-order valence-electron chi connectivity index (χ0n) is 13.6. The van der Waals surface area contributed by atoms with E-state index in [2.05, 4.69) is 21.7 Å². The van der Waals surface area contributed by atoms with Crippen LogP contribution in [-0.4, -0.2) is 43.0 Å². The van der Waals surface area contributed by atoms with Gasteiger partial charge in [0.1, 0.15) is 5.76 Å². The molecule has 6 heteroatoms. The highest BCUT2D eigenvalue weighted by Gasteiger charge is 2.31. The predicted octanol–water partition coefficient (Wildman–Crippen LogP) is 3.49. The first kappa shape index (κ1) is 16.1. The van der Waals surface area contributed by atoms with Crippen LogP contribution in [0.2, 0.25) is 0 Å². The van der Waals surface area contributed by atoms with Gasteiger partial charge in [-0.1, -0.05) is 6.07 Å². The van der Waals surface area contributed by atoms with Gasteiger partial charge in [0.2, 0.25) is 0 Å². The lowest BCUT2D eigenvalue weighted by Crippen LogP contribution is -2.42. The molecular formula is C17H23N3O2S. The normalized spacial score (nSPS) is 19.3. The highest BCUT2D eigenvalue weighted by atomic mass is 32.1. The molecule has 0 radical (unpaired) electrons. The van der Waals surface area contributed by atoms with Gasteiger partial charge in [-0.2, -0.15) is 0 Å². The third kappa shape index (κ3) is 3.59. The van der Waals surface area contributed by atoms with Crippen molar-refractivity contribution in [3.8, 4) is 0 Å². The number of nitrogens with zero attached hydrogens (tertiary/aromatic N) is 2. The number of hydrogen-bond donors (Lipinski definition) is 1. The summed E-state index contributed by atoms with van der Waals surface area (Å²) in [6, 6.07) is 8.26. The van der Waals surface area contributed by atoms with Gasteiger partial charge in [0.15, 0.2) is 0 Å². The molecular weight excluding hydrogens is 310 g/mol. The Labute approximate surface area is 140 Å². The van der Waals surface area contributed by atoms with Gasteiger partial charge < -0.3 is 14.6 Å². The highest BCUT2D eigenvalue weighted by Crippen LogP contribution is 2.34. The van der Waals surface area contributed by atoms with Crippen molar-refractivity contribution >= 4 is 17.4 Å². The Kier molecular flexibility index (Phi) is 5.03. The van der Waals surface area contributed by atoms with Crippen LogP contribution in [0.15, 0.2) is 40.3 Å². The summed E-state index contributed by atoms with van der Waals surface area (Å²) in [5, 5.41) is 5.15. The molecule has 1 saturated heterocycles. The molecule has 0 unspecified atom stereocenters. The van der Waals surface area contributed by atoms with Crippen molar-refractivity contribution < 1.29 is 9.21 Å². The van der Waals surface area contributed by atoms with E-state index in [1.165, 1.54) is 4.88 Å². The molecule has 23 heavy (non-hydrogen) atoms. The number of furan rings is 1. The van der Waals surface area contributed by atoms with Gasteiger partial charge in [0, 0.05) is 18.0 Å². The molecule has 0 saturated carbocycles. The Morgan fingerprint density at radius 1 is 1.48 bits per heavy atom. The summed E-state index contributed by atoms with van der Waals surface area (Å²) in [5.74, 6) is 0.867. The molecule has 2 aromatic heterocycles. The van der Waals surface area contributed by atoms with E-state index in [1.807, 2.05) is 37.2 Å². The third-order valence-electron chi connectivity index (χ3n) is 4.33. The maximum absolute atomic E-state index is 12.6. The number of carbonyl (C=O) groups excluding carboxylic acids is 1. The summed E-state index contributed by atoms with van der Waals surface area (Å²) in [5.41, 5.74) is 0. The number of likely N-dealkylation sites (N-methyl/N-ethyl adjacent to an activating group) is 1. The number of rotatable bonds is 5. The molecule has 124 valence electrons.